The first-order valence-corrected chi connectivity index (χ1v) is 6.34. The van der Waals surface area contributed by atoms with E-state index in [1.165, 1.54) is 6.07 Å². The number of hydrogen-bond acceptors (Lipinski definition) is 5. The van der Waals surface area contributed by atoms with Gasteiger partial charge in [-0.15, -0.1) is 0 Å². The minimum absolute atomic E-state index is 0.322. The zero-order valence-electron chi connectivity index (χ0n) is 8.32. The van der Waals surface area contributed by atoms with Gasteiger partial charge in [0.15, 0.2) is 5.03 Å². The second-order valence-electron chi connectivity index (χ2n) is 2.78. The van der Waals surface area contributed by atoms with Crippen molar-refractivity contribution in [3.63, 3.8) is 0 Å². The lowest BCUT2D eigenvalue weighted by Gasteiger charge is -2.08. The summed E-state index contributed by atoms with van der Waals surface area (Å²) >= 11 is 0. The van der Waals surface area contributed by atoms with Crippen molar-refractivity contribution >= 4 is 19.7 Å². The van der Waals surface area contributed by atoms with Gasteiger partial charge in [-0.2, -0.15) is 5.26 Å². The molecule has 0 spiro atoms. The van der Waals surface area contributed by atoms with Gasteiger partial charge in [-0.05, 0) is 0 Å². The SMILES string of the molecule is COc1cc(C(F)F)nc(S(=O)(=O)Cl)c1C#N. The molecule has 0 fully saturated rings. The normalized spacial score (nSPS) is 11.3. The highest BCUT2D eigenvalue weighted by Crippen LogP contribution is 2.30. The maximum Gasteiger partial charge on any atom is 0.280 e. The summed E-state index contributed by atoms with van der Waals surface area (Å²) in [5, 5.41) is 7.81. The molecule has 0 aliphatic heterocycles. The Morgan fingerprint density at radius 2 is 2.18 bits per heavy atom. The lowest BCUT2D eigenvalue weighted by molar-refractivity contribution is 0.144. The summed E-state index contributed by atoms with van der Waals surface area (Å²) in [5.41, 5.74) is -1.34. The number of aromatic nitrogens is 1. The van der Waals surface area contributed by atoms with Gasteiger partial charge < -0.3 is 4.74 Å². The van der Waals surface area contributed by atoms with Crippen LogP contribution in [-0.2, 0) is 9.05 Å². The molecule has 0 N–H and O–H groups in total. The van der Waals surface area contributed by atoms with E-state index >= 15 is 0 Å². The summed E-state index contributed by atoms with van der Waals surface area (Å²) in [7, 11) is 1.70. The molecule has 0 saturated heterocycles. The molecular weight excluding hydrogens is 278 g/mol. The van der Waals surface area contributed by atoms with Gasteiger partial charge in [-0.25, -0.2) is 22.2 Å². The molecule has 0 amide bonds. The number of alkyl halides is 2. The number of halogens is 3. The van der Waals surface area contributed by atoms with Crippen LogP contribution in [0, 0.1) is 11.3 Å². The second kappa shape index (κ2) is 4.81. The first-order valence-electron chi connectivity index (χ1n) is 4.03. The average molecular weight is 283 g/mol. The van der Waals surface area contributed by atoms with Crippen molar-refractivity contribution in [2.24, 2.45) is 0 Å². The zero-order valence-corrected chi connectivity index (χ0v) is 9.89. The molecule has 92 valence electrons. The Balaban J connectivity index is 3.68. The Morgan fingerprint density at radius 3 is 2.53 bits per heavy atom. The molecule has 0 unspecified atom stereocenters. The lowest BCUT2D eigenvalue weighted by atomic mass is 10.2. The van der Waals surface area contributed by atoms with Crippen molar-refractivity contribution in [1.82, 2.24) is 4.98 Å². The molecule has 0 bridgehead atoms. The van der Waals surface area contributed by atoms with Crippen molar-refractivity contribution in [1.29, 1.82) is 5.26 Å². The quantitative estimate of drug-likeness (QED) is 0.790. The monoisotopic (exact) mass is 282 g/mol. The van der Waals surface area contributed by atoms with Gasteiger partial charge in [-0.3, -0.25) is 0 Å². The van der Waals surface area contributed by atoms with Crippen LogP contribution in [0.2, 0.25) is 0 Å². The average Bonchev–Trinajstić information content (AvgIpc) is 2.25. The van der Waals surface area contributed by atoms with E-state index in [9.17, 15) is 17.2 Å². The highest BCUT2D eigenvalue weighted by molar-refractivity contribution is 8.13. The molecule has 1 heterocycles. The Kier molecular flexibility index (Phi) is 3.85. The van der Waals surface area contributed by atoms with E-state index in [0.29, 0.717) is 0 Å². The van der Waals surface area contributed by atoms with Gasteiger partial charge in [0.05, 0.1) is 7.11 Å². The van der Waals surface area contributed by atoms with Crippen LogP contribution >= 0.6 is 10.7 Å². The molecule has 1 aromatic rings. The maximum atomic E-state index is 12.4. The summed E-state index contributed by atoms with van der Waals surface area (Å²) in [6.07, 6.45) is -3.01. The van der Waals surface area contributed by atoms with Crippen LogP contribution in [0.5, 0.6) is 5.75 Å². The highest BCUT2D eigenvalue weighted by atomic mass is 35.7. The van der Waals surface area contributed by atoms with Gasteiger partial charge in [-0.1, -0.05) is 0 Å². The van der Waals surface area contributed by atoms with Crippen molar-refractivity contribution < 1.29 is 21.9 Å². The number of nitriles is 1. The lowest BCUT2D eigenvalue weighted by Crippen LogP contribution is -2.05. The van der Waals surface area contributed by atoms with Crippen molar-refractivity contribution in [3.8, 4) is 11.8 Å². The molecule has 0 aliphatic rings. The Labute approximate surface area is 100 Å². The fraction of sp³-hybridized carbons (Fsp3) is 0.250. The number of hydrogen-bond donors (Lipinski definition) is 0. The Bertz CT molecular complexity index is 583. The number of rotatable bonds is 3. The van der Waals surface area contributed by atoms with E-state index in [1.807, 2.05) is 0 Å². The number of methoxy groups -OCH3 is 1. The molecule has 1 rings (SSSR count). The smallest absolute Gasteiger partial charge is 0.280 e. The first-order chi connectivity index (χ1) is 7.81. The van der Waals surface area contributed by atoms with E-state index in [2.05, 4.69) is 9.72 Å². The van der Waals surface area contributed by atoms with E-state index in [-0.39, 0.29) is 5.75 Å². The molecule has 0 saturated carbocycles. The fourth-order valence-corrected chi connectivity index (χ4v) is 2.01. The third-order valence-electron chi connectivity index (χ3n) is 1.76. The summed E-state index contributed by atoms with van der Waals surface area (Å²) in [6.45, 7) is 0. The van der Waals surface area contributed by atoms with Crippen LogP contribution in [0.25, 0.3) is 0 Å². The summed E-state index contributed by atoms with van der Waals surface area (Å²) in [4.78, 5) is 3.15. The third kappa shape index (κ3) is 2.81. The summed E-state index contributed by atoms with van der Waals surface area (Å²) in [6, 6.07) is 2.28. The van der Waals surface area contributed by atoms with Crippen molar-refractivity contribution in [3.05, 3.63) is 17.3 Å². The molecule has 1 aromatic heterocycles. The van der Waals surface area contributed by atoms with Gasteiger partial charge in [0.25, 0.3) is 15.5 Å². The predicted molar refractivity (Wildman–Crippen MR) is 53.5 cm³/mol. The van der Waals surface area contributed by atoms with E-state index < -0.39 is 31.8 Å². The molecule has 17 heavy (non-hydrogen) atoms. The van der Waals surface area contributed by atoms with Crippen LogP contribution in [0.4, 0.5) is 8.78 Å². The zero-order chi connectivity index (χ0) is 13.2. The Morgan fingerprint density at radius 1 is 1.59 bits per heavy atom. The topological polar surface area (TPSA) is 80.0 Å². The minimum Gasteiger partial charge on any atom is -0.495 e. The minimum atomic E-state index is -4.41. The van der Waals surface area contributed by atoms with Gasteiger partial charge in [0.1, 0.15) is 23.1 Å². The van der Waals surface area contributed by atoms with E-state index in [4.69, 9.17) is 15.9 Å². The maximum absolute atomic E-state index is 12.4. The highest BCUT2D eigenvalue weighted by Gasteiger charge is 2.25. The van der Waals surface area contributed by atoms with E-state index in [0.717, 1.165) is 13.2 Å². The molecule has 0 radical (unpaired) electrons. The first kappa shape index (κ1) is 13.6. The fourth-order valence-electron chi connectivity index (χ4n) is 1.07. The number of nitrogens with zero attached hydrogens (tertiary/aromatic N) is 2. The van der Waals surface area contributed by atoms with Crippen molar-refractivity contribution in [2.45, 2.75) is 11.5 Å². The van der Waals surface area contributed by atoms with Crippen molar-refractivity contribution in [2.75, 3.05) is 7.11 Å². The molecule has 9 heteroatoms. The van der Waals surface area contributed by atoms with Crippen LogP contribution in [0.3, 0.4) is 0 Å². The molecule has 5 nitrogen and oxygen atoms in total. The summed E-state index contributed by atoms with van der Waals surface area (Å²) in [5.74, 6) is -0.322. The number of pyridine rings is 1. The molecule has 0 aromatic carbocycles. The van der Waals surface area contributed by atoms with Crippen LogP contribution < -0.4 is 4.74 Å². The van der Waals surface area contributed by atoms with Gasteiger partial charge in [0, 0.05) is 16.7 Å². The molecular formula is C8H5ClF2N2O3S. The summed E-state index contributed by atoms with van der Waals surface area (Å²) < 4.78 is 51.8. The molecule has 0 aliphatic carbocycles. The molecule has 0 atom stereocenters. The van der Waals surface area contributed by atoms with Gasteiger partial charge >= 0.3 is 0 Å². The van der Waals surface area contributed by atoms with Crippen LogP contribution in [0.15, 0.2) is 11.1 Å². The Hall–Kier alpha value is -1.46. The van der Waals surface area contributed by atoms with Crippen LogP contribution in [-0.4, -0.2) is 20.5 Å². The standard InChI is InChI=1S/C8H5ClF2N2O3S/c1-16-6-2-5(7(10)11)13-8(4(6)3-12)17(9,14)15/h2,7H,1H3. The van der Waals surface area contributed by atoms with Crippen LogP contribution in [0.1, 0.15) is 17.7 Å². The largest absolute Gasteiger partial charge is 0.495 e. The third-order valence-corrected chi connectivity index (χ3v) is 2.95. The predicted octanol–water partition coefficient (Wildman–Crippen LogP) is 1.83. The van der Waals surface area contributed by atoms with E-state index in [1.54, 1.807) is 0 Å². The second-order valence-corrected chi connectivity index (χ2v) is 5.26. The van der Waals surface area contributed by atoms with Gasteiger partial charge in [0.2, 0.25) is 0 Å². The number of ether oxygens (including phenoxy) is 1.